The summed E-state index contributed by atoms with van der Waals surface area (Å²) < 4.78 is 7.72. The zero-order valence-electron chi connectivity index (χ0n) is 15.4. The number of aromatic nitrogens is 1. The molecule has 0 aliphatic heterocycles. The zero-order valence-corrected chi connectivity index (χ0v) is 15.4. The standard InChI is InChI=1S/C21H25N3O2/c1-23(2)11-12-24-14-17(15-6-3-4-8-19(15)24)21(25)22-18-7-5-9-20-16(18)10-13-26-20/h3-4,6,8,10,13-14,18H,5,7,9,11-12H2,1-2H3,(H,22,25). The summed E-state index contributed by atoms with van der Waals surface area (Å²) in [5, 5.41) is 4.23. The highest BCUT2D eigenvalue weighted by molar-refractivity contribution is 6.07. The van der Waals surface area contributed by atoms with Crippen molar-refractivity contribution in [1.29, 1.82) is 0 Å². The number of fused-ring (bicyclic) bond motifs is 2. The van der Waals surface area contributed by atoms with E-state index in [0.29, 0.717) is 0 Å². The molecule has 0 fully saturated rings. The van der Waals surface area contributed by atoms with Gasteiger partial charge in [-0.1, -0.05) is 18.2 Å². The van der Waals surface area contributed by atoms with E-state index in [1.807, 2.05) is 30.5 Å². The molecule has 1 amide bonds. The molecule has 1 N–H and O–H groups in total. The van der Waals surface area contributed by atoms with Gasteiger partial charge in [-0.25, -0.2) is 0 Å². The van der Waals surface area contributed by atoms with Gasteiger partial charge in [0.25, 0.3) is 5.91 Å². The number of hydrogen-bond acceptors (Lipinski definition) is 3. The van der Waals surface area contributed by atoms with E-state index >= 15 is 0 Å². The van der Waals surface area contributed by atoms with Crippen molar-refractivity contribution < 1.29 is 9.21 Å². The molecule has 0 saturated heterocycles. The van der Waals surface area contributed by atoms with E-state index in [1.54, 1.807) is 6.26 Å². The number of amides is 1. The number of aryl methyl sites for hydroxylation is 1. The molecule has 1 aliphatic carbocycles. The Labute approximate surface area is 153 Å². The first-order valence-electron chi connectivity index (χ1n) is 9.23. The van der Waals surface area contributed by atoms with Crippen molar-refractivity contribution >= 4 is 16.8 Å². The van der Waals surface area contributed by atoms with Crippen molar-refractivity contribution in [2.75, 3.05) is 20.6 Å². The smallest absolute Gasteiger partial charge is 0.253 e. The second kappa shape index (κ2) is 7.00. The Morgan fingerprint density at radius 3 is 3.00 bits per heavy atom. The minimum atomic E-state index is -0.0103. The monoisotopic (exact) mass is 351 g/mol. The highest BCUT2D eigenvalue weighted by Gasteiger charge is 2.25. The summed E-state index contributed by atoms with van der Waals surface area (Å²) in [6.07, 6.45) is 6.66. The fourth-order valence-corrected chi connectivity index (χ4v) is 3.79. The zero-order chi connectivity index (χ0) is 18.1. The van der Waals surface area contributed by atoms with Crippen LogP contribution < -0.4 is 5.32 Å². The van der Waals surface area contributed by atoms with Crippen molar-refractivity contribution in [3.05, 3.63) is 59.7 Å². The highest BCUT2D eigenvalue weighted by atomic mass is 16.3. The van der Waals surface area contributed by atoms with Crippen LogP contribution in [0.2, 0.25) is 0 Å². The fourth-order valence-electron chi connectivity index (χ4n) is 3.79. The van der Waals surface area contributed by atoms with E-state index in [-0.39, 0.29) is 11.9 Å². The molecular weight excluding hydrogens is 326 g/mol. The molecule has 0 bridgehead atoms. The van der Waals surface area contributed by atoms with Crippen molar-refractivity contribution in [1.82, 2.24) is 14.8 Å². The van der Waals surface area contributed by atoms with E-state index in [0.717, 1.165) is 60.1 Å². The normalized spacial score (nSPS) is 16.8. The molecule has 2 aromatic heterocycles. The molecule has 5 nitrogen and oxygen atoms in total. The molecule has 3 aromatic rings. The van der Waals surface area contributed by atoms with Crippen LogP contribution in [0.25, 0.3) is 10.9 Å². The van der Waals surface area contributed by atoms with E-state index < -0.39 is 0 Å². The van der Waals surface area contributed by atoms with Gasteiger partial charge in [-0.2, -0.15) is 0 Å². The first-order valence-corrected chi connectivity index (χ1v) is 9.23. The van der Waals surface area contributed by atoms with Gasteiger partial charge in [0.2, 0.25) is 0 Å². The number of nitrogens with zero attached hydrogens (tertiary/aromatic N) is 2. The molecular formula is C21H25N3O2. The van der Waals surface area contributed by atoms with Crippen LogP contribution in [0.5, 0.6) is 0 Å². The minimum Gasteiger partial charge on any atom is -0.469 e. The third-order valence-electron chi connectivity index (χ3n) is 5.18. The van der Waals surface area contributed by atoms with E-state index in [1.165, 1.54) is 0 Å². The summed E-state index contributed by atoms with van der Waals surface area (Å²) >= 11 is 0. The number of hydrogen-bond donors (Lipinski definition) is 1. The average molecular weight is 351 g/mol. The van der Waals surface area contributed by atoms with Gasteiger partial charge >= 0.3 is 0 Å². The third-order valence-corrected chi connectivity index (χ3v) is 5.18. The SMILES string of the molecule is CN(C)CCn1cc(C(=O)NC2CCCc3occc32)c2ccccc21. The lowest BCUT2D eigenvalue weighted by atomic mass is 9.93. The van der Waals surface area contributed by atoms with Crippen molar-refractivity contribution in [2.45, 2.75) is 31.8 Å². The first-order chi connectivity index (χ1) is 12.6. The largest absolute Gasteiger partial charge is 0.469 e. The minimum absolute atomic E-state index is 0.0103. The second-order valence-electron chi connectivity index (χ2n) is 7.27. The molecule has 136 valence electrons. The molecule has 1 atom stereocenters. The van der Waals surface area contributed by atoms with Crippen molar-refractivity contribution in [2.24, 2.45) is 0 Å². The average Bonchev–Trinajstić information content (AvgIpc) is 3.25. The molecule has 2 heterocycles. The Bertz CT molecular complexity index is 922. The number of benzene rings is 1. The van der Waals surface area contributed by atoms with Crippen LogP contribution in [-0.4, -0.2) is 36.0 Å². The van der Waals surface area contributed by atoms with Crippen LogP contribution in [0.15, 0.2) is 47.2 Å². The van der Waals surface area contributed by atoms with Crippen LogP contribution in [0.3, 0.4) is 0 Å². The lowest BCUT2D eigenvalue weighted by Gasteiger charge is -2.22. The predicted octanol–water partition coefficient (Wildman–Crippen LogP) is 3.60. The van der Waals surface area contributed by atoms with Gasteiger partial charge in [0.15, 0.2) is 0 Å². The van der Waals surface area contributed by atoms with Crippen LogP contribution in [-0.2, 0) is 13.0 Å². The highest BCUT2D eigenvalue weighted by Crippen LogP contribution is 2.31. The Kier molecular flexibility index (Phi) is 4.55. The van der Waals surface area contributed by atoms with Gasteiger partial charge in [-0.3, -0.25) is 4.79 Å². The van der Waals surface area contributed by atoms with E-state index in [4.69, 9.17) is 4.42 Å². The molecule has 26 heavy (non-hydrogen) atoms. The van der Waals surface area contributed by atoms with Crippen molar-refractivity contribution in [3.63, 3.8) is 0 Å². The summed E-state index contributed by atoms with van der Waals surface area (Å²) in [6, 6.07) is 10.1. The number of carbonyl (C=O) groups is 1. The maximum Gasteiger partial charge on any atom is 0.253 e. The Morgan fingerprint density at radius 1 is 1.31 bits per heavy atom. The van der Waals surface area contributed by atoms with Gasteiger partial charge in [0.05, 0.1) is 17.9 Å². The maximum atomic E-state index is 13.0. The van der Waals surface area contributed by atoms with Crippen LogP contribution in [0.4, 0.5) is 0 Å². The summed E-state index contributed by atoms with van der Waals surface area (Å²) in [7, 11) is 4.12. The molecule has 0 saturated carbocycles. The van der Waals surface area contributed by atoms with Gasteiger partial charge < -0.3 is 19.2 Å². The summed E-state index contributed by atoms with van der Waals surface area (Å²) in [4.78, 5) is 15.2. The number of rotatable bonds is 5. The lowest BCUT2D eigenvalue weighted by molar-refractivity contribution is 0.0933. The van der Waals surface area contributed by atoms with Crippen LogP contribution in [0, 0.1) is 0 Å². The number of para-hydroxylation sites is 1. The van der Waals surface area contributed by atoms with E-state index in [2.05, 4.69) is 34.9 Å². The molecule has 5 heteroatoms. The first kappa shape index (κ1) is 16.9. The summed E-state index contributed by atoms with van der Waals surface area (Å²) in [6.45, 7) is 1.79. The van der Waals surface area contributed by atoms with Crippen molar-refractivity contribution in [3.8, 4) is 0 Å². The molecule has 4 rings (SSSR count). The Balaban J connectivity index is 1.61. The lowest BCUT2D eigenvalue weighted by Crippen LogP contribution is -2.30. The van der Waals surface area contributed by atoms with Gasteiger partial charge in [0.1, 0.15) is 5.76 Å². The predicted molar refractivity (Wildman–Crippen MR) is 102 cm³/mol. The van der Waals surface area contributed by atoms with Gasteiger partial charge in [-0.15, -0.1) is 0 Å². The molecule has 1 unspecified atom stereocenters. The van der Waals surface area contributed by atoms with Crippen LogP contribution in [0.1, 0.15) is 40.6 Å². The fraction of sp³-hybridized carbons (Fsp3) is 0.381. The van der Waals surface area contributed by atoms with Crippen LogP contribution >= 0.6 is 0 Å². The third kappa shape index (κ3) is 3.15. The molecule has 0 radical (unpaired) electrons. The molecule has 0 spiro atoms. The Morgan fingerprint density at radius 2 is 2.15 bits per heavy atom. The number of carbonyl (C=O) groups excluding carboxylic acids is 1. The number of nitrogens with one attached hydrogen (secondary N) is 1. The van der Waals surface area contributed by atoms with Gasteiger partial charge in [-0.05, 0) is 39.1 Å². The second-order valence-corrected chi connectivity index (χ2v) is 7.27. The summed E-state index contributed by atoms with van der Waals surface area (Å²) in [5.74, 6) is 0.999. The summed E-state index contributed by atoms with van der Waals surface area (Å²) in [5.41, 5.74) is 2.98. The molecule has 1 aromatic carbocycles. The maximum absolute atomic E-state index is 13.0. The molecule has 1 aliphatic rings. The van der Waals surface area contributed by atoms with Gasteiger partial charge in [0, 0.05) is 42.2 Å². The topological polar surface area (TPSA) is 50.4 Å². The van der Waals surface area contributed by atoms with E-state index in [9.17, 15) is 4.79 Å². The number of likely N-dealkylation sites (N-methyl/N-ethyl adjacent to an activating group) is 1. The Hall–Kier alpha value is -2.53. The number of furan rings is 1. The quantitative estimate of drug-likeness (QED) is 0.764.